The van der Waals surface area contributed by atoms with E-state index in [-0.39, 0.29) is 24.0 Å². The zero-order chi connectivity index (χ0) is 25.5. The second-order valence-electron chi connectivity index (χ2n) is 9.97. The summed E-state index contributed by atoms with van der Waals surface area (Å²) in [5.41, 5.74) is 3.08. The van der Waals surface area contributed by atoms with Crippen LogP contribution in [0.25, 0.3) is 0 Å². The van der Waals surface area contributed by atoms with Gasteiger partial charge in [-0.25, -0.2) is 4.98 Å². The Labute approximate surface area is 212 Å². The van der Waals surface area contributed by atoms with Gasteiger partial charge < -0.3 is 25.2 Å². The zero-order valence-corrected chi connectivity index (χ0v) is 21.0. The van der Waals surface area contributed by atoms with Gasteiger partial charge >= 0.3 is 5.97 Å². The third-order valence-electron chi connectivity index (χ3n) is 7.53. The molecule has 1 aromatic carbocycles. The normalized spacial score (nSPS) is 16.6. The Morgan fingerprint density at radius 1 is 1.22 bits per heavy atom. The van der Waals surface area contributed by atoms with Crippen LogP contribution in [0.3, 0.4) is 0 Å². The van der Waals surface area contributed by atoms with Crippen molar-refractivity contribution >= 4 is 17.7 Å². The SMILES string of the molecule is COc1cc(C(CCC2CCN(C(=O)CCc3ccc4c(n3)NCCC4)CC2)CC(=O)O)ccc1O. The number of fused-ring (bicyclic) bond motifs is 1. The number of aliphatic carboxylic acids is 1. The molecule has 0 radical (unpaired) electrons. The standard InChI is InChI=1S/C28H37N3O5/c1-36-25-17-21(7-10-24(25)32)22(18-27(34)35)5-4-19-12-15-31(16-13-19)26(33)11-9-23-8-6-20-3-2-14-29-28(20)30-23/h6-8,10,17,19,22,32H,2-5,9,11-16,18H2,1H3,(H,29,30)(H,34,35). The van der Waals surface area contributed by atoms with Gasteiger partial charge in [0.15, 0.2) is 11.5 Å². The molecule has 2 aromatic rings. The second kappa shape index (κ2) is 12.1. The number of aromatic hydroxyl groups is 1. The predicted octanol–water partition coefficient (Wildman–Crippen LogP) is 4.36. The van der Waals surface area contributed by atoms with Crippen molar-refractivity contribution in [2.24, 2.45) is 5.92 Å². The average Bonchev–Trinajstić information content (AvgIpc) is 2.90. The minimum absolute atomic E-state index is 0.0392. The molecule has 1 amide bonds. The van der Waals surface area contributed by atoms with E-state index < -0.39 is 5.97 Å². The van der Waals surface area contributed by atoms with E-state index in [0.29, 0.717) is 24.5 Å². The summed E-state index contributed by atoms with van der Waals surface area (Å²) in [5.74, 6) is 1.05. The van der Waals surface area contributed by atoms with E-state index in [9.17, 15) is 19.8 Å². The Bertz CT molecular complexity index is 1070. The van der Waals surface area contributed by atoms with Gasteiger partial charge in [-0.1, -0.05) is 12.1 Å². The number of likely N-dealkylation sites (tertiary alicyclic amines) is 1. The molecule has 36 heavy (non-hydrogen) atoms. The maximum Gasteiger partial charge on any atom is 0.303 e. The van der Waals surface area contributed by atoms with Gasteiger partial charge in [-0.3, -0.25) is 9.59 Å². The molecular formula is C28H37N3O5. The first-order chi connectivity index (χ1) is 17.4. The van der Waals surface area contributed by atoms with Crippen LogP contribution in [0.4, 0.5) is 5.82 Å². The number of phenols is 1. The molecule has 4 rings (SSSR count). The highest BCUT2D eigenvalue weighted by atomic mass is 16.5. The summed E-state index contributed by atoms with van der Waals surface area (Å²) in [5, 5.41) is 22.6. The molecule has 1 aromatic heterocycles. The van der Waals surface area contributed by atoms with Crippen molar-refractivity contribution in [1.29, 1.82) is 0 Å². The van der Waals surface area contributed by atoms with Gasteiger partial charge in [0, 0.05) is 31.7 Å². The number of aryl methyl sites for hydroxylation is 2. The first-order valence-corrected chi connectivity index (χ1v) is 13.0. The number of hydrogen-bond donors (Lipinski definition) is 3. The van der Waals surface area contributed by atoms with Crippen LogP contribution in [0, 0.1) is 5.92 Å². The number of methoxy groups -OCH3 is 1. The highest BCUT2D eigenvalue weighted by Crippen LogP contribution is 2.35. The summed E-state index contributed by atoms with van der Waals surface area (Å²) in [6, 6.07) is 9.25. The summed E-state index contributed by atoms with van der Waals surface area (Å²) >= 11 is 0. The van der Waals surface area contributed by atoms with E-state index in [2.05, 4.69) is 11.4 Å². The van der Waals surface area contributed by atoms with Gasteiger partial charge in [-0.2, -0.15) is 0 Å². The van der Waals surface area contributed by atoms with Crippen molar-refractivity contribution in [3.8, 4) is 11.5 Å². The number of aromatic nitrogens is 1. The number of amides is 1. The molecule has 2 aliphatic rings. The summed E-state index contributed by atoms with van der Waals surface area (Å²) < 4.78 is 5.20. The van der Waals surface area contributed by atoms with Crippen molar-refractivity contribution in [2.45, 2.75) is 63.7 Å². The maximum absolute atomic E-state index is 12.8. The molecule has 8 heteroatoms. The van der Waals surface area contributed by atoms with Crippen molar-refractivity contribution in [1.82, 2.24) is 9.88 Å². The number of anilines is 1. The monoisotopic (exact) mass is 495 g/mol. The number of ether oxygens (including phenoxy) is 1. The molecule has 0 spiro atoms. The topological polar surface area (TPSA) is 112 Å². The number of carbonyl (C=O) groups is 2. The lowest BCUT2D eigenvalue weighted by Gasteiger charge is -2.33. The molecule has 1 fully saturated rings. The van der Waals surface area contributed by atoms with E-state index in [1.54, 1.807) is 18.2 Å². The van der Waals surface area contributed by atoms with E-state index in [0.717, 1.165) is 75.2 Å². The molecule has 1 atom stereocenters. The summed E-state index contributed by atoms with van der Waals surface area (Å²) in [6.45, 7) is 2.45. The van der Waals surface area contributed by atoms with E-state index in [4.69, 9.17) is 9.72 Å². The molecule has 194 valence electrons. The molecule has 1 saturated heterocycles. The third kappa shape index (κ3) is 6.68. The first-order valence-electron chi connectivity index (χ1n) is 13.0. The maximum atomic E-state index is 12.8. The van der Waals surface area contributed by atoms with Gasteiger partial charge in [-0.05, 0) is 86.1 Å². The minimum atomic E-state index is -0.836. The number of hydrogen-bond acceptors (Lipinski definition) is 6. The molecule has 3 heterocycles. The summed E-state index contributed by atoms with van der Waals surface area (Å²) in [4.78, 5) is 31.0. The number of carboxylic acid groups (broad SMARTS) is 1. The number of benzene rings is 1. The van der Waals surface area contributed by atoms with Gasteiger partial charge in [0.05, 0.1) is 13.5 Å². The highest BCUT2D eigenvalue weighted by Gasteiger charge is 2.25. The van der Waals surface area contributed by atoms with Crippen molar-refractivity contribution in [2.75, 3.05) is 32.1 Å². The van der Waals surface area contributed by atoms with E-state index in [1.165, 1.54) is 12.7 Å². The van der Waals surface area contributed by atoms with Crippen molar-refractivity contribution < 1.29 is 24.5 Å². The van der Waals surface area contributed by atoms with E-state index >= 15 is 0 Å². The molecule has 2 aliphatic heterocycles. The van der Waals surface area contributed by atoms with Crippen LogP contribution in [0.2, 0.25) is 0 Å². The van der Waals surface area contributed by atoms with Crippen LogP contribution in [-0.4, -0.2) is 58.7 Å². The average molecular weight is 496 g/mol. The first kappa shape index (κ1) is 25.8. The van der Waals surface area contributed by atoms with Gasteiger partial charge in [0.1, 0.15) is 5.82 Å². The number of carbonyl (C=O) groups excluding carboxylic acids is 1. The van der Waals surface area contributed by atoms with Gasteiger partial charge in [0.2, 0.25) is 5.91 Å². The number of carboxylic acids is 1. The lowest BCUT2D eigenvalue weighted by molar-refractivity contribution is -0.137. The summed E-state index contributed by atoms with van der Waals surface area (Å²) in [6.07, 6.45) is 6.89. The van der Waals surface area contributed by atoms with Crippen molar-refractivity contribution in [3.05, 3.63) is 47.2 Å². The van der Waals surface area contributed by atoms with Crippen molar-refractivity contribution in [3.63, 3.8) is 0 Å². The number of rotatable bonds is 10. The number of nitrogens with zero attached hydrogens (tertiary/aromatic N) is 2. The van der Waals surface area contributed by atoms with Crippen LogP contribution in [-0.2, 0) is 22.4 Å². The molecule has 0 saturated carbocycles. The Kier molecular flexibility index (Phi) is 8.67. The van der Waals surface area contributed by atoms with Crippen LogP contribution >= 0.6 is 0 Å². The molecule has 8 nitrogen and oxygen atoms in total. The molecular weight excluding hydrogens is 458 g/mol. The number of piperidine rings is 1. The van der Waals surface area contributed by atoms with Gasteiger partial charge in [-0.15, -0.1) is 0 Å². The second-order valence-corrected chi connectivity index (χ2v) is 9.97. The molecule has 0 aliphatic carbocycles. The van der Waals surface area contributed by atoms with Crippen LogP contribution in [0.1, 0.15) is 67.7 Å². The fourth-order valence-corrected chi connectivity index (χ4v) is 5.35. The Morgan fingerprint density at radius 2 is 2.03 bits per heavy atom. The number of nitrogens with one attached hydrogen (secondary N) is 1. The zero-order valence-electron chi connectivity index (χ0n) is 21.0. The smallest absolute Gasteiger partial charge is 0.303 e. The van der Waals surface area contributed by atoms with Crippen LogP contribution < -0.4 is 10.1 Å². The van der Waals surface area contributed by atoms with Crippen LogP contribution in [0.5, 0.6) is 11.5 Å². The number of pyridine rings is 1. The highest BCUT2D eigenvalue weighted by molar-refractivity contribution is 5.76. The Morgan fingerprint density at radius 3 is 2.78 bits per heavy atom. The molecule has 3 N–H and O–H groups in total. The van der Waals surface area contributed by atoms with Crippen LogP contribution in [0.15, 0.2) is 30.3 Å². The fraction of sp³-hybridized carbons (Fsp3) is 0.536. The number of phenolic OH excluding ortho intramolecular Hbond substituents is 1. The predicted molar refractivity (Wildman–Crippen MR) is 138 cm³/mol. The lowest BCUT2D eigenvalue weighted by Crippen LogP contribution is -2.38. The third-order valence-corrected chi connectivity index (χ3v) is 7.53. The fourth-order valence-electron chi connectivity index (χ4n) is 5.35. The molecule has 1 unspecified atom stereocenters. The summed E-state index contributed by atoms with van der Waals surface area (Å²) in [7, 11) is 1.49. The Hall–Kier alpha value is -3.29. The Balaban J connectivity index is 1.24. The largest absolute Gasteiger partial charge is 0.504 e. The van der Waals surface area contributed by atoms with E-state index in [1.807, 2.05) is 11.0 Å². The minimum Gasteiger partial charge on any atom is -0.504 e. The quantitative estimate of drug-likeness (QED) is 0.449. The van der Waals surface area contributed by atoms with Gasteiger partial charge in [0.25, 0.3) is 0 Å². The lowest BCUT2D eigenvalue weighted by atomic mass is 9.84. The molecule has 0 bridgehead atoms.